The van der Waals surface area contributed by atoms with E-state index in [1.165, 1.54) is 4.90 Å². The van der Waals surface area contributed by atoms with Gasteiger partial charge in [-0.15, -0.1) is 8.58 Å². The molecule has 2 aliphatic carbocycles. The van der Waals surface area contributed by atoms with Crippen molar-refractivity contribution in [3.63, 3.8) is 0 Å². The van der Waals surface area contributed by atoms with Gasteiger partial charge in [-0.1, -0.05) is 24.3 Å². The molecule has 8 rings (SSSR count). The van der Waals surface area contributed by atoms with Gasteiger partial charge in [-0.2, -0.15) is 0 Å². The highest BCUT2D eigenvalue weighted by Crippen LogP contribution is 2.43. The molecule has 4 heterocycles. The molecule has 250 valence electrons. The molecular formula is C34H39N2O10P. The zero-order valence-corrected chi connectivity index (χ0v) is 28.1. The standard InChI is InChI=1S/C16H17NO5.C16H15NO5.C2H7P/c2*1-16(2)21-12-10(7-11(18)13(12)22-16)17-14(19)8-5-3-4-6-9(8)15(17)20;1-3-2/h3-6,10-13,18H,7H2,1-2H3;3-6,10,12-13H,7H2,1-2H3;3H,1-2H3/t10-,11+,12+,13-;10-,12+,13-;/m11./s1. The first-order chi connectivity index (χ1) is 22.2. The Balaban J connectivity index is 0.000000152. The van der Waals surface area contributed by atoms with Crippen LogP contribution in [-0.2, 0) is 23.7 Å². The summed E-state index contributed by atoms with van der Waals surface area (Å²) >= 11 is 0. The van der Waals surface area contributed by atoms with E-state index in [4.69, 9.17) is 18.9 Å². The maximum atomic E-state index is 12.6. The summed E-state index contributed by atoms with van der Waals surface area (Å²) in [5, 5.41) is 10.2. The van der Waals surface area contributed by atoms with E-state index in [0.29, 0.717) is 22.3 Å². The van der Waals surface area contributed by atoms with Crippen molar-refractivity contribution in [2.24, 2.45) is 0 Å². The maximum Gasteiger partial charge on any atom is 0.261 e. The van der Waals surface area contributed by atoms with Crippen molar-refractivity contribution in [3.8, 4) is 0 Å². The lowest BCUT2D eigenvalue weighted by molar-refractivity contribution is -0.166. The molecule has 4 amide bonds. The van der Waals surface area contributed by atoms with E-state index in [0.717, 1.165) is 13.5 Å². The number of nitrogens with zero attached hydrogens (tertiary/aromatic N) is 2. The lowest BCUT2D eigenvalue weighted by Crippen LogP contribution is -2.46. The van der Waals surface area contributed by atoms with Crippen molar-refractivity contribution in [3.05, 3.63) is 70.8 Å². The highest BCUT2D eigenvalue weighted by Gasteiger charge is 2.59. The number of imide groups is 2. The van der Waals surface area contributed by atoms with E-state index in [2.05, 4.69) is 13.3 Å². The van der Waals surface area contributed by atoms with E-state index in [9.17, 15) is 29.1 Å². The number of amides is 4. The van der Waals surface area contributed by atoms with Gasteiger partial charge in [0.1, 0.15) is 24.4 Å². The van der Waals surface area contributed by atoms with Crippen LogP contribution in [0.3, 0.4) is 0 Å². The van der Waals surface area contributed by atoms with Crippen molar-refractivity contribution < 1.29 is 48.0 Å². The second-order valence-electron chi connectivity index (χ2n) is 13.2. The molecule has 6 aliphatic rings. The molecule has 2 aromatic carbocycles. The van der Waals surface area contributed by atoms with E-state index >= 15 is 0 Å². The van der Waals surface area contributed by atoms with E-state index in [-0.39, 0.29) is 42.3 Å². The zero-order chi connectivity index (χ0) is 34.0. The van der Waals surface area contributed by atoms with Crippen LogP contribution in [0.25, 0.3) is 0 Å². The third-order valence-electron chi connectivity index (χ3n) is 8.96. The Bertz CT molecular complexity index is 1570. The normalized spacial score (nSPS) is 32.4. The quantitative estimate of drug-likeness (QED) is 0.375. The highest BCUT2D eigenvalue weighted by atomic mass is 31.1. The molecule has 12 nitrogen and oxygen atoms in total. The molecule has 0 unspecified atom stereocenters. The minimum absolute atomic E-state index is 0.0802. The van der Waals surface area contributed by atoms with Gasteiger partial charge in [0, 0.05) is 6.42 Å². The Morgan fingerprint density at radius 3 is 1.49 bits per heavy atom. The lowest BCUT2D eigenvalue weighted by atomic mass is 10.1. The van der Waals surface area contributed by atoms with Gasteiger partial charge in [-0.3, -0.25) is 33.8 Å². The minimum Gasteiger partial charge on any atom is -0.390 e. The van der Waals surface area contributed by atoms with Crippen LogP contribution in [0, 0.1) is 0 Å². The van der Waals surface area contributed by atoms with Crippen LogP contribution >= 0.6 is 8.58 Å². The molecule has 2 saturated heterocycles. The van der Waals surface area contributed by atoms with Crippen LogP contribution in [0.1, 0.15) is 82.0 Å². The fourth-order valence-electron chi connectivity index (χ4n) is 7.19. The number of hydrogen-bond donors (Lipinski definition) is 1. The minimum atomic E-state index is -0.887. The Morgan fingerprint density at radius 1 is 0.638 bits per heavy atom. The molecule has 0 bridgehead atoms. The SMILES string of the molecule is CC1(C)O[C@@H]2[C@H](O1)C(=O)C[C@H]2N1C(=O)c2ccccc2C1=O.CC1(C)O[C@@H]2[C@H](O1)[C@@H](O)C[C@H]2N1C(=O)c2ccccc2C1=O.CPC. The van der Waals surface area contributed by atoms with Crippen molar-refractivity contribution in [2.45, 2.75) is 94.7 Å². The molecule has 13 heteroatoms. The first-order valence-electron chi connectivity index (χ1n) is 15.6. The number of aliphatic hydroxyl groups is 1. The predicted molar refractivity (Wildman–Crippen MR) is 170 cm³/mol. The second-order valence-corrected chi connectivity index (χ2v) is 14.2. The van der Waals surface area contributed by atoms with Crippen molar-refractivity contribution >= 4 is 38.0 Å². The molecule has 0 radical (unpaired) electrons. The zero-order valence-electron chi connectivity index (χ0n) is 27.1. The molecule has 4 fully saturated rings. The van der Waals surface area contributed by atoms with E-state index in [1.54, 1.807) is 76.2 Å². The smallest absolute Gasteiger partial charge is 0.261 e. The first kappa shape index (κ1) is 33.5. The predicted octanol–water partition coefficient (Wildman–Crippen LogP) is 3.00. The van der Waals surface area contributed by atoms with Gasteiger partial charge >= 0.3 is 0 Å². The van der Waals surface area contributed by atoms with Gasteiger partial charge < -0.3 is 24.1 Å². The van der Waals surface area contributed by atoms with Gasteiger partial charge in [0.2, 0.25) is 0 Å². The van der Waals surface area contributed by atoms with Crippen LogP contribution in [0.5, 0.6) is 0 Å². The van der Waals surface area contributed by atoms with Gasteiger partial charge in [-0.25, -0.2) is 0 Å². The van der Waals surface area contributed by atoms with Crippen LogP contribution in [0.4, 0.5) is 0 Å². The molecule has 0 aromatic heterocycles. The molecular weight excluding hydrogens is 627 g/mol. The summed E-state index contributed by atoms with van der Waals surface area (Å²) in [6.45, 7) is 11.3. The number of rotatable bonds is 2. The summed E-state index contributed by atoms with van der Waals surface area (Å²) in [4.78, 5) is 64.8. The average Bonchev–Trinajstić information content (AvgIpc) is 3.80. The Hall–Kier alpha value is -3.38. The van der Waals surface area contributed by atoms with Gasteiger partial charge in [0.15, 0.2) is 17.4 Å². The summed E-state index contributed by atoms with van der Waals surface area (Å²) in [5.41, 5.74) is 1.57. The fourth-order valence-corrected chi connectivity index (χ4v) is 7.19. The summed E-state index contributed by atoms with van der Waals surface area (Å²) in [6, 6.07) is 12.3. The molecule has 2 saturated carbocycles. The third-order valence-corrected chi connectivity index (χ3v) is 8.96. The van der Waals surface area contributed by atoms with Crippen molar-refractivity contribution in [1.82, 2.24) is 9.80 Å². The molecule has 0 spiro atoms. The number of carbonyl (C=O) groups excluding carboxylic acids is 5. The van der Waals surface area contributed by atoms with Crippen LogP contribution in [0.15, 0.2) is 48.5 Å². The number of fused-ring (bicyclic) bond motifs is 4. The number of aliphatic hydroxyl groups excluding tert-OH is 1. The number of hydrogen-bond acceptors (Lipinski definition) is 10. The second kappa shape index (κ2) is 12.3. The highest BCUT2D eigenvalue weighted by molar-refractivity contribution is 7.35. The number of ketones is 1. The van der Waals surface area contributed by atoms with Gasteiger partial charge in [0.05, 0.1) is 40.4 Å². The van der Waals surface area contributed by atoms with Crippen molar-refractivity contribution in [1.29, 1.82) is 0 Å². The molecule has 1 N–H and O–H groups in total. The van der Waals surface area contributed by atoms with E-state index < -0.39 is 54.2 Å². The molecule has 47 heavy (non-hydrogen) atoms. The first-order valence-corrected chi connectivity index (χ1v) is 17.6. The average molecular weight is 667 g/mol. The van der Waals surface area contributed by atoms with Gasteiger partial charge in [-0.05, 0) is 71.7 Å². The summed E-state index contributed by atoms with van der Waals surface area (Å²) in [7, 11) is 1.08. The molecule has 4 aliphatic heterocycles. The van der Waals surface area contributed by atoms with Crippen LogP contribution in [-0.4, -0.2) is 112 Å². The van der Waals surface area contributed by atoms with Crippen LogP contribution in [0.2, 0.25) is 0 Å². The third kappa shape index (κ3) is 5.75. The topological polar surface area (TPSA) is 149 Å². The largest absolute Gasteiger partial charge is 0.390 e. The lowest BCUT2D eigenvalue weighted by Gasteiger charge is -2.27. The van der Waals surface area contributed by atoms with Crippen molar-refractivity contribution in [2.75, 3.05) is 13.3 Å². The fraction of sp³-hybridized carbons (Fsp3) is 0.500. The maximum absolute atomic E-state index is 12.6. The van der Waals surface area contributed by atoms with Crippen LogP contribution < -0.4 is 0 Å². The number of Topliss-reactive ketones (excluding diaryl/α,β-unsaturated/α-hetero) is 1. The summed E-state index contributed by atoms with van der Waals surface area (Å²) < 4.78 is 22.9. The van der Waals surface area contributed by atoms with E-state index in [1.807, 2.05) is 0 Å². The number of carbonyl (C=O) groups is 5. The Morgan fingerprint density at radius 2 is 1.02 bits per heavy atom. The molecule has 7 atom stereocenters. The summed E-state index contributed by atoms with van der Waals surface area (Å²) in [6.07, 6.45) is -2.69. The van der Waals surface area contributed by atoms with Gasteiger partial charge in [0.25, 0.3) is 23.6 Å². The Kier molecular flexibility index (Phi) is 8.74. The monoisotopic (exact) mass is 666 g/mol. The number of ether oxygens (including phenoxy) is 4. The number of benzene rings is 2. The summed E-state index contributed by atoms with van der Waals surface area (Å²) in [5.74, 6) is -3.23. The Labute approximate surface area is 274 Å². The molecule has 2 aromatic rings.